The van der Waals surface area contributed by atoms with Gasteiger partial charge in [0.1, 0.15) is 6.04 Å². The van der Waals surface area contributed by atoms with Crippen molar-refractivity contribution in [1.29, 1.82) is 0 Å². The quantitative estimate of drug-likeness (QED) is 0.611. The third-order valence-corrected chi connectivity index (χ3v) is 8.13. The lowest BCUT2D eigenvalue weighted by Crippen LogP contribution is -2.51. The van der Waals surface area contributed by atoms with Gasteiger partial charge in [0.2, 0.25) is 21.8 Å². The number of carbonyl (C=O) groups excluding carboxylic acids is 2. The molecule has 9 heteroatoms. The van der Waals surface area contributed by atoms with Crippen LogP contribution in [0, 0.1) is 11.8 Å². The van der Waals surface area contributed by atoms with E-state index in [2.05, 4.69) is 10.6 Å². The monoisotopic (exact) mass is 465 g/mol. The zero-order valence-corrected chi connectivity index (χ0v) is 19.8. The zero-order chi connectivity index (χ0) is 23.1. The first-order valence-corrected chi connectivity index (χ1v) is 13.0. The van der Waals surface area contributed by atoms with Gasteiger partial charge in [0.15, 0.2) is 0 Å². The van der Waals surface area contributed by atoms with Crippen molar-refractivity contribution in [1.82, 2.24) is 14.9 Å². The number of amides is 2. The first kappa shape index (κ1) is 24.7. The summed E-state index contributed by atoms with van der Waals surface area (Å²) in [6.45, 7) is 5.59. The van der Waals surface area contributed by atoms with Crippen LogP contribution in [0.2, 0.25) is 0 Å². The van der Waals surface area contributed by atoms with E-state index >= 15 is 0 Å². The van der Waals surface area contributed by atoms with Gasteiger partial charge in [-0.15, -0.1) is 0 Å². The standard InChI is InChI=1S/C23H35N3O5S/c1-17(2)21(25-22(27)19-6-4-3-5-7-19)23(28)24-16-18-8-10-20(11-9-18)32(29,30)26-12-14-31-15-13-26/h8-11,17,19,21H,3-7,12-16H2,1-2H3,(H,24,28)(H,25,27). The molecule has 1 aromatic carbocycles. The molecule has 0 bridgehead atoms. The Labute approximate surface area is 191 Å². The molecular weight excluding hydrogens is 430 g/mol. The van der Waals surface area contributed by atoms with Crippen LogP contribution in [0.1, 0.15) is 51.5 Å². The summed E-state index contributed by atoms with van der Waals surface area (Å²) in [5.74, 6) is -0.298. The van der Waals surface area contributed by atoms with Gasteiger partial charge in [-0.1, -0.05) is 45.2 Å². The predicted molar refractivity (Wildman–Crippen MR) is 121 cm³/mol. The van der Waals surface area contributed by atoms with E-state index in [1.165, 1.54) is 10.7 Å². The van der Waals surface area contributed by atoms with E-state index in [0.29, 0.717) is 26.3 Å². The number of hydrogen-bond donors (Lipinski definition) is 2. The van der Waals surface area contributed by atoms with Crippen LogP contribution in [-0.2, 0) is 30.9 Å². The summed E-state index contributed by atoms with van der Waals surface area (Å²) in [7, 11) is -3.54. The van der Waals surface area contributed by atoms with E-state index < -0.39 is 16.1 Å². The zero-order valence-electron chi connectivity index (χ0n) is 19.0. The number of nitrogens with zero attached hydrogens (tertiary/aromatic N) is 1. The maximum atomic E-state index is 12.8. The molecule has 1 saturated carbocycles. The van der Waals surface area contributed by atoms with E-state index in [0.717, 1.165) is 31.2 Å². The van der Waals surface area contributed by atoms with E-state index in [1.807, 2.05) is 13.8 Å². The highest BCUT2D eigenvalue weighted by molar-refractivity contribution is 7.89. The fraction of sp³-hybridized carbons (Fsp3) is 0.652. The molecule has 1 heterocycles. The highest BCUT2D eigenvalue weighted by Crippen LogP contribution is 2.24. The molecule has 2 fully saturated rings. The number of morpholine rings is 1. The molecule has 3 rings (SSSR count). The maximum absolute atomic E-state index is 12.8. The molecular formula is C23H35N3O5S. The first-order chi connectivity index (χ1) is 15.3. The molecule has 2 amide bonds. The first-order valence-electron chi connectivity index (χ1n) is 11.5. The summed E-state index contributed by atoms with van der Waals surface area (Å²) in [6.07, 6.45) is 5.07. The summed E-state index contributed by atoms with van der Waals surface area (Å²) in [6, 6.07) is 5.95. The summed E-state index contributed by atoms with van der Waals surface area (Å²) in [5, 5.41) is 5.82. The van der Waals surface area contributed by atoms with Gasteiger partial charge in [0.05, 0.1) is 18.1 Å². The molecule has 2 N–H and O–H groups in total. The smallest absolute Gasteiger partial charge is 0.243 e. The highest BCUT2D eigenvalue weighted by Gasteiger charge is 2.29. The lowest BCUT2D eigenvalue weighted by Gasteiger charge is -2.26. The summed E-state index contributed by atoms with van der Waals surface area (Å²) in [5.41, 5.74) is 0.792. The van der Waals surface area contributed by atoms with Gasteiger partial charge in [-0.3, -0.25) is 9.59 Å². The fourth-order valence-corrected chi connectivity index (χ4v) is 5.59. The van der Waals surface area contributed by atoms with Gasteiger partial charge < -0.3 is 15.4 Å². The molecule has 32 heavy (non-hydrogen) atoms. The Bertz CT molecular complexity index is 873. The third kappa shape index (κ3) is 6.30. The number of hydrogen-bond acceptors (Lipinski definition) is 5. The van der Waals surface area contributed by atoms with Crippen LogP contribution in [0.4, 0.5) is 0 Å². The largest absolute Gasteiger partial charge is 0.379 e. The van der Waals surface area contributed by atoms with E-state index in [-0.39, 0.29) is 35.1 Å². The normalized spacial score (nSPS) is 19.5. The number of benzene rings is 1. The Morgan fingerprint density at radius 2 is 1.69 bits per heavy atom. The number of carbonyl (C=O) groups is 2. The molecule has 2 aliphatic rings. The second kappa shape index (κ2) is 11.2. The van der Waals surface area contributed by atoms with Gasteiger partial charge in [0, 0.05) is 25.6 Å². The topological polar surface area (TPSA) is 105 Å². The van der Waals surface area contributed by atoms with Crippen LogP contribution in [0.15, 0.2) is 29.2 Å². The Balaban J connectivity index is 1.56. The van der Waals surface area contributed by atoms with Crippen LogP contribution < -0.4 is 10.6 Å². The molecule has 178 valence electrons. The number of ether oxygens (including phenoxy) is 1. The van der Waals surface area contributed by atoms with Gasteiger partial charge in [-0.05, 0) is 36.5 Å². The maximum Gasteiger partial charge on any atom is 0.243 e. The minimum atomic E-state index is -3.54. The van der Waals surface area contributed by atoms with Crippen molar-refractivity contribution in [2.75, 3.05) is 26.3 Å². The summed E-state index contributed by atoms with van der Waals surface area (Å²) in [4.78, 5) is 25.6. The average molecular weight is 466 g/mol. The average Bonchev–Trinajstić information content (AvgIpc) is 2.82. The van der Waals surface area contributed by atoms with Gasteiger partial charge in [0.25, 0.3) is 0 Å². The molecule has 0 aromatic heterocycles. The predicted octanol–water partition coefficient (Wildman–Crippen LogP) is 2.04. The minimum absolute atomic E-state index is 0.00115. The van der Waals surface area contributed by atoms with Crippen LogP contribution in [-0.4, -0.2) is 56.9 Å². The van der Waals surface area contributed by atoms with Crippen LogP contribution >= 0.6 is 0 Å². The van der Waals surface area contributed by atoms with Crippen molar-refractivity contribution in [3.8, 4) is 0 Å². The number of nitrogens with one attached hydrogen (secondary N) is 2. The number of rotatable bonds is 8. The molecule has 0 radical (unpaired) electrons. The van der Waals surface area contributed by atoms with Gasteiger partial charge in [-0.25, -0.2) is 8.42 Å². The van der Waals surface area contributed by atoms with Crippen molar-refractivity contribution < 1.29 is 22.7 Å². The molecule has 1 aliphatic heterocycles. The minimum Gasteiger partial charge on any atom is -0.379 e. The molecule has 1 atom stereocenters. The van der Waals surface area contributed by atoms with Crippen molar-refractivity contribution in [2.45, 2.75) is 63.4 Å². The van der Waals surface area contributed by atoms with Crippen molar-refractivity contribution in [3.63, 3.8) is 0 Å². The Morgan fingerprint density at radius 1 is 1.06 bits per heavy atom. The summed E-state index contributed by atoms with van der Waals surface area (Å²) >= 11 is 0. The second-order valence-corrected chi connectivity index (χ2v) is 10.9. The molecule has 0 spiro atoms. The molecule has 1 saturated heterocycles. The Kier molecular flexibility index (Phi) is 8.67. The van der Waals surface area contributed by atoms with Crippen molar-refractivity contribution in [2.24, 2.45) is 11.8 Å². The van der Waals surface area contributed by atoms with E-state index in [1.54, 1.807) is 24.3 Å². The van der Waals surface area contributed by atoms with Gasteiger partial charge >= 0.3 is 0 Å². The number of sulfonamides is 1. The van der Waals surface area contributed by atoms with Crippen molar-refractivity contribution >= 4 is 21.8 Å². The second-order valence-electron chi connectivity index (χ2n) is 8.94. The SMILES string of the molecule is CC(C)C(NC(=O)C1CCCCC1)C(=O)NCc1ccc(S(=O)(=O)N2CCOCC2)cc1. The van der Waals surface area contributed by atoms with Crippen molar-refractivity contribution in [3.05, 3.63) is 29.8 Å². The molecule has 1 unspecified atom stereocenters. The van der Waals surface area contributed by atoms with Gasteiger partial charge in [-0.2, -0.15) is 4.31 Å². The Hall–Kier alpha value is -1.97. The van der Waals surface area contributed by atoms with Crippen LogP contribution in [0.25, 0.3) is 0 Å². The third-order valence-electron chi connectivity index (χ3n) is 6.22. The lowest BCUT2D eigenvalue weighted by molar-refractivity contribution is -0.132. The van der Waals surface area contributed by atoms with E-state index in [9.17, 15) is 18.0 Å². The molecule has 1 aliphatic carbocycles. The van der Waals surface area contributed by atoms with Crippen LogP contribution in [0.5, 0.6) is 0 Å². The highest BCUT2D eigenvalue weighted by atomic mass is 32.2. The van der Waals surface area contributed by atoms with E-state index in [4.69, 9.17) is 4.74 Å². The summed E-state index contributed by atoms with van der Waals surface area (Å²) < 4.78 is 32.1. The lowest BCUT2D eigenvalue weighted by atomic mass is 9.88. The Morgan fingerprint density at radius 3 is 2.28 bits per heavy atom. The van der Waals surface area contributed by atoms with Crippen LogP contribution in [0.3, 0.4) is 0 Å². The molecule has 8 nitrogen and oxygen atoms in total. The fourth-order valence-electron chi connectivity index (χ4n) is 4.19. The molecule has 1 aromatic rings.